The number of hydrogen-bond acceptors (Lipinski definition) is 4. The molecule has 1 N–H and O–H groups in total. The highest BCUT2D eigenvalue weighted by molar-refractivity contribution is 7.99. The summed E-state index contributed by atoms with van der Waals surface area (Å²) >= 11 is 1.84. The van der Waals surface area contributed by atoms with Crippen LogP contribution in [0.25, 0.3) is 0 Å². The molecule has 0 aliphatic carbocycles. The molecule has 1 fully saturated rings. The standard InChI is InChI=1S/C12H23NO3S/c1-9(7-14)13(10-5-6-17-8-10)11(15)16-12(2,3)4/h9-10,14H,5-8H2,1-4H3. The van der Waals surface area contributed by atoms with Crippen LogP contribution in [0.4, 0.5) is 4.79 Å². The minimum atomic E-state index is -0.490. The van der Waals surface area contributed by atoms with Gasteiger partial charge in [0.05, 0.1) is 12.6 Å². The van der Waals surface area contributed by atoms with E-state index in [0.29, 0.717) is 0 Å². The number of aliphatic hydroxyl groups excluding tert-OH is 1. The Balaban J connectivity index is 2.71. The van der Waals surface area contributed by atoms with Crippen molar-refractivity contribution in [2.24, 2.45) is 0 Å². The van der Waals surface area contributed by atoms with Gasteiger partial charge in [0, 0.05) is 11.8 Å². The maximum Gasteiger partial charge on any atom is 0.410 e. The predicted molar refractivity (Wildman–Crippen MR) is 70.4 cm³/mol. The molecule has 17 heavy (non-hydrogen) atoms. The monoisotopic (exact) mass is 261 g/mol. The van der Waals surface area contributed by atoms with Crippen molar-refractivity contribution < 1.29 is 14.6 Å². The molecule has 0 aromatic carbocycles. The van der Waals surface area contributed by atoms with E-state index in [-0.39, 0.29) is 24.8 Å². The smallest absolute Gasteiger partial charge is 0.410 e. The number of aliphatic hydroxyl groups is 1. The van der Waals surface area contributed by atoms with Gasteiger partial charge in [0.1, 0.15) is 5.60 Å². The Kier molecular flexibility index (Phi) is 5.13. The first-order valence-electron chi connectivity index (χ1n) is 6.05. The molecule has 0 spiro atoms. The van der Waals surface area contributed by atoms with E-state index in [1.165, 1.54) is 0 Å². The first-order chi connectivity index (χ1) is 7.85. The normalized spacial score (nSPS) is 22.3. The first kappa shape index (κ1) is 14.6. The third kappa shape index (κ3) is 4.39. The number of rotatable bonds is 3. The van der Waals surface area contributed by atoms with Gasteiger partial charge < -0.3 is 9.84 Å². The van der Waals surface area contributed by atoms with Gasteiger partial charge in [-0.3, -0.25) is 4.90 Å². The van der Waals surface area contributed by atoms with Crippen molar-refractivity contribution in [3.8, 4) is 0 Å². The number of carbonyl (C=O) groups is 1. The molecule has 1 rings (SSSR count). The van der Waals surface area contributed by atoms with Crippen molar-refractivity contribution in [1.82, 2.24) is 4.90 Å². The highest BCUT2D eigenvalue weighted by atomic mass is 32.2. The van der Waals surface area contributed by atoms with Crippen molar-refractivity contribution in [3.63, 3.8) is 0 Å². The molecule has 1 saturated heterocycles. The summed E-state index contributed by atoms with van der Waals surface area (Å²) in [5, 5.41) is 9.26. The quantitative estimate of drug-likeness (QED) is 0.845. The Bertz CT molecular complexity index is 259. The molecular formula is C12H23NO3S. The van der Waals surface area contributed by atoms with E-state index in [2.05, 4.69) is 0 Å². The lowest BCUT2D eigenvalue weighted by Gasteiger charge is -2.34. The Morgan fingerprint density at radius 2 is 2.24 bits per heavy atom. The van der Waals surface area contributed by atoms with E-state index in [1.807, 2.05) is 39.5 Å². The Labute approximate surface area is 108 Å². The van der Waals surface area contributed by atoms with Gasteiger partial charge in [-0.15, -0.1) is 0 Å². The van der Waals surface area contributed by atoms with Crippen molar-refractivity contribution in [3.05, 3.63) is 0 Å². The molecule has 0 aromatic heterocycles. The van der Waals surface area contributed by atoms with Gasteiger partial charge in [-0.2, -0.15) is 11.8 Å². The fraction of sp³-hybridized carbons (Fsp3) is 0.917. The van der Waals surface area contributed by atoms with Crippen LogP contribution in [0.3, 0.4) is 0 Å². The number of thioether (sulfide) groups is 1. The molecule has 1 heterocycles. The van der Waals surface area contributed by atoms with Crippen molar-refractivity contribution in [1.29, 1.82) is 0 Å². The van der Waals surface area contributed by atoms with Crippen molar-refractivity contribution in [2.75, 3.05) is 18.1 Å². The summed E-state index contributed by atoms with van der Waals surface area (Å²) in [6, 6.07) is 0.00514. The minimum absolute atomic E-state index is 0.0274. The summed E-state index contributed by atoms with van der Waals surface area (Å²) in [6.45, 7) is 7.40. The van der Waals surface area contributed by atoms with Gasteiger partial charge in [0.2, 0.25) is 0 Å². The highest BCUT2D eigenvalue weighted by Gasteiger charge is 2.33. The van der Waals surface area contributed by atoms with Gasteiger partial charge in [0.25, 0.3) is 0 Å². The predicted octanol–water partition coefficient (Wildman–Crippen LogP) is 2.11. The summed E-state index contributed by atoms with van der Waals surface area (Å²) in [6.07, 6.45) is 0.667. The Hall–Kier alpha value is -0.420. The lowest BCUT2D eigenvalue weighted by atomic mass is 10.1. The summed E-state index contributed by atoms with van der Waals surface area (Å²) in [7, 11) is 0. The third-order valence-corrected chi connectivity index (χ3v) is 3.79. The fourth-order valence-electron chi connectivity index (χ4n) is 1.83. The molecule has 0 radical (unpaired) electrons. The molecule has 2 atom stereocenters. The van der Waals surface area contributed by atoms with E-state index in [0.717, 1.165) is 17.9 Å². The van der Waals surface area contributed by atoms with Crippen LogP contribution in [0.2, 0.25) is 0 Å². The number of amides is 1. The lowest BCUT2D eigenvalue weighted by Crippen LogP contribution is -2.49. The third-order valence-electron chi connectivity index (χ3n) is 2.64. The molecule has 2 unspecified atom stereocenters. The lowest BCUT2D eigenvalue weighted by molar-refractivity contribution is 0.00250. The number of nitrogens with zero attached hydrogens (tertiary/aromatic N) is 1. The Morgan fingerprint density at radius 3 is 2.65 bits per heavy atom. The molecule has 1 aliphatic rings. The van der Waals surface area contributed by atoms with Crippen LogP contribution in [-0.2, 0) is 4.74 Å². The van der Waals surface area contributed by atoms with Crippen LogP contribution in [0, 0.1) is 0 Å². The highest BCUT2D eigenvalue weighted by Crippen LogP contribution is 2.25. The molecule has 1 aliphatic heterocycles. The molecule has 100 valence electrons. The van der Waals surface area contributed by atoms with Crippen LogP contribution in [-0.4, -0.2) is 51.9 Å². The first-order valence-corrected chi connectivity index (χ1v) is 7.20. The maximum absolute atomic E-state index is 12.1. The average molecular weight is 261 g/mol. The largest absolute Gasteiger partial charge is 0.444 e. The number of ether oxygens (including phenoxy) is 1. The van der Waals surface area contributed by atoms with Crippen molar-refractivity contribution in [2.45, 2.75) is 51.8 Å². The average Bonchev–Trinajstić information content (AvgIpc) is 2.68. The molecule has 1 amide bonds. The molecule has 0 bridgehead atoms. The van der Waals surface area contributed by atoms with Crippen LogP contribution < -0.4 is 0 Å². The molecule has 4 nitrogen and oxygen atoms in total. The second-order valence-electron chi connectivity index (χ2n) is 5.44. The van der Waals surface area contributed by atoms with E-state index in [9.17, 15) is 9.90 Å². The van der Waals surface area contributed by atoms with Crippen LogP contribution in [0.15, 0.2) is 0 Å². The topological polar surface area (TPSA) is 49.8 Å². The summed E-state index contributed by atoms with van der Waals surface area (Å²) in [5.41, 5.74) is -0.490. The molecule has 0 saturated carbocycles. The van der Waals surface area contributed by atoms with Crippen LogP contribution in [0.1, 0.15) is 34.1 Å². The van der Waals surface area contributed by atoms with Gasteiger partial charge >= 0.3 is 6.09 Å². The van der Waals surface area contributed by atoms with Crippen LogP contribution in [0.5, 0.6) is 0 Å². The zero-order valence-electron chi connectivity index (χ0n) is 11.1. The zero-order chi connectivity index (χ0) is 13.1. The van der Waals surface area contributed by atoms with Gasteiger partial charge in [-0.05, 0) is 39.9 Å². The van der Waals surface area contributed by atoms with Gasteiger partial charge in [0.15, 0.2) is 0 Å². The maximum atomic E-state index is 12.1. The number of carbonyl (C=O) groups excluding carboxylic acids is 1. The summed E-state index contributed by atoms with van der Waals surface area (Å²) in [5.74, 6) is 2.01. The Morgan fingerprint density at radius 1 is 1.59 bits per heavy atom. The minimum Gasteiger partial charge on any atom is -0.444 e. The van der Waals surface area contributed by atoms with Gasteiger partial charge in [-0.1, -0.05) is 0 Å². The van der Waals surface area contributed by atoms with E-state index in [4.69, 9.17) is 4.74 Å². The SMILES string of the molecule is CC(CO)N(C(=O)OC(C)(C)C)C1CCSC1. The molecular weight excluding hydrogens is 238 g/mol. The molecule has 5 heteroatoms. The zero-order valence-corrected chi connectivity index (χ0v) is 11.9. The summed E-state index contributed by atoms with van der Waals surface area (Å²) in [4.78, 5) is 13.8. The fourth-order valence-corrected chi connectivity index (χ4v) is 3.04. The second kappa shape index (κ2) is 5.96. The summed E-state index contributed by atoms with van der Waals surface area (Å²) < 4.78 is 5.40. The molecule has 0 aromatic rings. The second-order valence-corrected chi connectivity index (χ2v) is 6.59. The van der Waals surface area contributed by atoms with Crippen molar-refractivity contribution >= 4 is 17.9 Å². The van der Waals surface area contributed by atoms with E-state index in [1.54, 1.807) is 4.90 Å². The number of hydrogen-bond donors (Lipinski definition) is 1. The van der Waals surface area contributed by atoms with Gasteiger partial charge in [-0.25, -0.2) is 4.79 Å². The van der Waals surface area contributed by atoms with E-state index >= 15 is 0 Å². The van der Waals surface area contributed by atoms with Crippen LogP contribution >= 0.6 is 11.8 Å². The van der Waals surface area contributed by atoms with E-state index < -0.39 is 5.60 Å².